The number of benzene rings is 1. The first kappa shape index (κ1) is 17.4. The topological polar surface area (TPSA) is 88.2 Å². The molecular formula is C16H20ClN3O3. The fourth-order valence-electron chi connectivity index (χ4n) is 2.10. The average molecular weight is 338 g/mol. The number of hydrogen-bond acceptors (Lipinski definition) is 5. The Morgan fingerprint density at radius 1 is 1.35 bits per heavy atom. The van der Waals surface area contributed by atoms with E-state index in [1.165, 1.54) is 0 Å². The van der Waals surface area contributed by atoms with E-state index in [2.05, 4.69) is 15.5 Å². The molecule has 1 amide bonds. The minimum Gasteiger partial charge on any atom is -0.421 e. The van der Waals surface area contributed by atoms with Crippen LogP contribution in [0.3, 0.4) is 0 Å². The molecule has 1 unspecified atom stereocenters. The number of aliphatic hydroxyl groups excluding tert-OH is 1. The van der Waals surface area contributed by atoms with Crippen LogP contribution in [0.15, 0.2) is 28.7 Å². The van der Waals surface area contributed by atoms with E-state index in [0.29, 0.717) is 29.6 Å². The third-order valence-electron chi connectivity index (χ3n) is 3.33. The molecule has 6 nitrogen and oxygen atoms in total. The molecule has 0 fully saturated rings. The van der Waals surface area contributed by atoms with Crippen molar-refractivity contribution in [1.82, 2.24) is 15.5 Å². The normalized spacial score (nSPS) is 12.1. The lowest BCUT2D eigenvalue weighted by Gasteiger charge is -2.12. The number of nitrogens with one attached hydrogen (secondary N) is 1. The Morgan fingerprint density at radius 3 is 2.78 bits per heavy atom. The maximum Gasteiger partial charge on any atom is 0.247 e. The van der Waals surface area contributed by atoms with Crippen molar-refractivity contribution in [2.24, 2.45) is 0 Å². The molecule has 0 saturated carbocycles. The molecule has 2 rings (SSSR count). The number of hydrogen-bond donors (Lipinski definition) is 2. The van der Waals surface area contributed by atoms with Gasteiger partial charge in [0.25, 0.3) is 0 Å². The monoisotopic (exact) mass is 337 g/mol. The number of carbonyl (C=O) groups is 1. The van der Waals surface area contributed by atoms with Crippen LogP contribution in [0, 0.1) is 0 Å². The Labute approximate surface area is 139 Å². The predicted octanol–water partition coefficient (Wildman–Crippen LogP) is 2.60. The zero-order chi connectivity index (χ0) is 16.7. The van der Waals surface area contributed by atoms with Crippen molar-refractivity contribution in [2.75, 3.05) is 6.61 Å². The number of aliphatic hydroxyl groups is 1. The van der Waals surface area contributed by atoms with Crippen LogP contribution in [-0.4, -0.2) is 33.9 Å². The van der Waals surface area contributed by atoms with E-state index in [4.69, 9.17) is 21.1 Å². The van der Waals surface area contributed by atoms with Gasteiger partial charge in [-0.1, -0.05) is 11.6 Å². The molecule has 0 spiro atoms. The molecule has 0 saturated heterocycles. The Hall–Kier alpha value is -1.92. The molecule has 1 heterocycles. The quantitative estimate of drug-likeness (QED) is 0.773. The SMILES string of the molecule is CC(CCCO)NC(=O)CCc1nnc(-c2ccc(Cl)cc2)o1. The highest BCUT2D eigenvalue weighted by molar-refractivity contribution is 6.30. The summed E-state index contributed by atoms with van der Waals surface area (Å²) < 4.78 is 5.55. The Kier molecular flexibility index (Phi) is 6.55. The van der Waals surface area contributed by atoms with Gasteiger partial charge in [0.2, 0.25) is 17.7 Å². The number of halogens is 1. The maximum atomic E-state index is 11.8. The maximum absolute atomic E-state index is 11.8. The summed E-state index contributed by atoms with van der Waals surface area (Å²) in [4.78, 5) is 11.8. The summed E-state index contributed by atoms with van der Waals surface area (Å²) in [5, 5.41) is 20.2. The molecule has 0 radical (unpaired) electrons. The summed E-state index contributed by atoms with van der Waals surface area (Å²) in [5.41, 5.74) is 0.787. The first-order valence-electron chi connectivity index (χ1n) is 7.57. The molecule has 2 aromatic rings. The molecule has 1 atom stereocenters. The highest BCUT2D eigenvalue weighted by atomic mass is 35.5. The van der Waals surface area contributed by atoms with Gasteiger partial charge in [-0.25, -0.2) is 0 Å². The molecule has 1 aromatic carbocycles. The van der Waals surface area contributed by atoms with E-state index in [0.717, 1.165) is 12.0 Å². The molecule has 0 aliphatic carbocycles. The van der Waals surface area contributed by atoms with E-state index in [1.807, 2.05) is 6.92 Å². The van der Waals surface area contributed by atoms with Crippen molar-refractivity contribution in [1.29, 1.82) is 0 Å². The van der Waals surface area contributed by atoms with E-state index in [1.54, 1.807) is 24.3 Å². The number of aryl methyl sites for hydroxylation is 1. The molecule has 7 heteroatoms. The lowest BCUT2D eigenvalue weighted by Crippen LogP contribution is -2.32. The van der Waals surface area contributed by atoms with E-state index < -0.39 is 0 Å². The standard InChI is InChI=1S/C16H20ClN3O3/c1-11(3-2-10-21)18-14(22)8-9-15-19-20-16(23-15)12-4-6-13(17)7-5-12/h4-7,11,21H,2-3,8-10H2,1H3,(H,18,22). The highest BCUT2D eigenvalue weighted by Crippen LogP contribution is 2.20. The van der Waals surface area contributed by atoms with E-state index in [9.17, 15) is 4.79 Å². The number of nitrogens with zero attached hydrogens (tertiary/aromatic N) is 2. The second-order valence-electron chi connectivity index (χ2n) is 5.34. The van der Waals surface area contributed by atoms with Gasteiger partial charge in [0, 0.05) is 36.1 Å². The third kappa shape index (κ3) is 5.65. The van der Waals surface area contributed by atoms with Gasteiger partial charge in [0.15, 0.2) is 0 Å². The highest BCUT2D eigenvalue weighted by Gasteiger charge is 2.12. The number of rotatable bonds is 8. The van der Waals surface area contributed by atoms with Crippen LogP contribution in [0.25, 0.3) is 11.5 Å². The molecular weight excluding hydrogens is 318 g/mol. The molecule has 2 N–H and O–H groups in total. The second kappa shape index (κ2) is 8.64. The van der Waals surface area contributed by atoms with Crippen LogP contribution in [0.5, 0.6) is 0 Å². The van der Waals surface area contributed by atoms with E-state index >= 15 is 0 Å². The Morgan fingerprint density at radius 2 is 2.09 bits per heavy atom. The first-order valence-corrected chi connectivity index (χ1v) is 7.95. The molecule has 23 heavy (non-hydrogen) atoms. The van der Waals surface area contributed by atoms with Crippen molar-refractivity contribution >= 4 is 17.5 Å². The molecule has 124 valence electrons. The first-order chi connectivity index (χ1) is 11.1. The summed E-state index contributed by atoms with van der Waals surface area (Å²) in [7, 11) is 0. The molecule has 0 bridgehead atoms. The smallest absolute Gasteiger partial charge is 0.247 e. The second-order valence-corrected chi connectivity index (χ2v) is 5.78. The fourth-order valence-corrected chi connectivity index (χ4v) is 2.23. The predicted molar refractivity (Wildman–Crippen MR) is 87.0 cm³/mol. The summed E-state index contributed by atoms with van der Waals surface area (Å²) in [6.45, 7) is 2.05. The minimum atomic E-state index is -0.0679. The summed E-state index contributed by atoms with van der Waals surface area (Å²) in [6, 6.07) is 7.15. The zero-order valence-corrected chi connectivity index (χ0v) is 13.7. The van der Waals surface area contributed by atoms with Crippen LogP contribution < -0.4 is 5.32 Å². The van der Waals surface area contributed by atoms with E-state index in [-0.39, 0.29) is 25.0 Å². The lowest BCUT2D eigenvalue weighted by atomic mass is 10.2. The van der Waals surface area contributed by atoms with Gasteiger partial charge in [-0.3, -0.25) is 4.79 Å². The number of aromatic nitrogens is 2. The molecule has 1 aromatic heterocycles. The van der Waals surface area contributed by atoms with Crippen molar-refractivity contribution in [3.8, 4) is 11.5 Å². The van der Waals surface area contributed by atoms with Crippen molar-refractivity contribution in [3.63, 3.8) is 0 Å². The summed E-state index contributed by atoms with van der Waals surface area (Å²) in [6.07, 6.45) is 2.10. The minimum absolute atomic E-state index is 0.0435. The largest absolute Gasteiger partial charge is 0.421 e. The van der Waals surface area contributed by atoms with Crippen LogP contribution in [-0.2, 0) is 11.2 Å². The van der Waals surface area contributed by atoms with Crippen LogP contribution in [0.1, 0.15) is 32.1 Å². The Bertz CT molecular complexity index is 628. The van der Waals surface area contributed by atoms with Gasteiger partial charge < -0.3 is 14.8 Å². The van der Waals surface area contributed by atoms with Gasteiger partial charge >= 0.3 is 0 Å². The molecule has 0 aliphatic heterocycles. The van der Waals surface area contributed by atoms with Crippen molar-refractivity contribution < 1.29 is 14.3 Å². The van der Waals surface area contributed by atoms with Gasteiger partial charge in [-0.15, -0.1) is 10.2 Å². The van der Waals surface area contributed by atoms with Gasteiger partial charge in [0.05, 0.1) is 0 Å². The lowest BCUT2D eigenvalue weighted by molar-refractivity contribution is -0.121. The summed E-state index contributed by atoms with van der Waals surface area (Å²) >= 11 is 5.84. The van der Waals surface area contributed by atoms with Crippen molar-refractivity contribution in [2.45, 2.75) is 38.6 Å². The van der Waals surface area contributed by atoms with Crippen LogP contribution >= 0.6 is 11.6 Å². The number of carbonyl (C=O) groups excluding carboxylic acids is 1. The van der Waals surface area contributed by atoms with Gasteiger partial charge in [0.1, 0.15) is 0 Å². The third-order valence-corrected chi connectivity index (χ3v) is 3.58. The van der Waals surface area contributed by atoms with Crippen LogP contribution in [0.2, 0.25) is 5.02 Å². The fraction of sp³-hybridized carbons (Fsp3) is 0.438. The van der Waals surface area contributed by atoms with Gasteiger partial charge in [-0.2, -0.15) is 0 Å². The zero-order valence-electron chi connectivity index (χ0n) is 13.0. The van der Waals surface area contributed by atoms with Crippen LogP contribution in [0.4, 0.5) is 0 Å². The number of amides is 1. The van der Waals surface area contributed by atoms with Gasteiger partial charge in [-0.05, 0) is 44.0 Å². The summed E-state index contributed by atoms with van der Waals surface area (Å²) in [5.74, 6) is 0.767. The molecule has 0 aliphatic rings. The Balaban J connectivity index is 1.82. The average Bonchev–Trinajstić information content (AvgIpc) is 3.00. The van der Waals surface area contributed by atoms with Crippen molar-refractivity contribution in [3.05, 3.63) is 35.2 Å².